The number of carbonyl (C=O) groups is 1. The lowest BCUT2D eigenvalue weighted by atomic mass is 10.0. The fourth-order valence-corrected chi connectivity index (χ4v) is 2.40. The van der Waals surface area contributed by atoms with Gasteiger partial charge in [0.2, 0.25) is 0 Å². The second kappa shape index (κ2) is 4.88. The minimum absolute atomic E-state index is 0.0867. The van der Waals surface area contributed by atoms with Crippen molar-refractivity contribution in [2.45, 2.75) is 32.6 Å². The molecule has 1 amide bonds. The SMILES string of the molecule is CCCC1(CNC(=O)c2cc(N)cc(N)c2)CC1. The van der Waals surface area contributed by atoms with Gasteiger partial charge < -0.3 is 16.8 Å². The molecule has 1 aliphatic rings. The number of carbonyl (C=O) groups excluding carboxylic acids is 1. The molecule has 4 nitrogen and oxygen atoms in total. The van der Waals surface area contributed by atoms with Crippen molar-refractivity contribution in [2.24, 2.45) is 5.41 Å². The lowest BCUT2D eigenvalue weighted by molar-refractivity contribution is 0.0944. The maximum absolute atomic E-state index is 12.0. The van der Waals surface area contributed by atoms with E-state index in [-0.39, 0.29) is 5.91 Å². The van der Waals surface area contributed by atoms with E-state index in [2.05, 4.69) is 12.2 Å². The average Bonchev–Trinajstić information content (AvgIpc) is 3.06. The average molecular weight is 247 g/mol. The monoisotopic (exact) mass is 247 g/mol. The Bertz CT molecular complexity index is 432. The number of anilines is 2. The Morgan fingerprint density at radius 3 is 2.39 bits per heavy atom. The van der Waals surface area contributed by atoms with E-state index in [1.165, 1.54) is 25.7 Å². The van der Waals surface area contributed by atoms with E-state index in [1.54, 1.807) is 18.2 Å². The maximum Gasteiger partial charge on any atom is 0.251 e. The molecule has 0 bridgehead atoms. The van der Waals surface area contributed by atoms with Crippen LogP contribution in [0.25, 0.3) is 0 Å². The van der Waals surface area contributed by atoms with E-state index in [0.29, 0.717) is 22.4 Å². The fraction of sp³-hybridized carbons (Fsp3) is 0.500. The molecule has 0 aliphatic heterocycles. The molecule has 0 aromatic heterocycles. The first-order valence-electron chi connectivity index (χ1n) is 6.49. The number of amides is 1. The lowest BCUT2D eigenvalue weighted by Crippen LogP contribution is -2.30. The number of nitrogen functional groups attached to an aromatic ring is 2. The molecule has 0 atom stereocenters. The van der Waals surface area contributed by atoms with Crippen LogP contribution in [0.5, 0.6) is 0 Å². The Balaban J connectivity index is 1.95. The highest BCUT2D eigenvalue weighted by Gasteiger charge is 2.41. The molecular formula is C14H21N3O. The van der Waals surface area contributed by atoms with Crippen LogP contribution in [0.3, 0.4) is 0 Å². The standard InChI is InChI=1S/C14H21N3O/c1-2-3-14(4-5-14)9-17-13(18)10-6-11(15)8-12(16)7-10/h6-8H,2-5,9,15-16H2,1H3,(H,17,18). The van der Waals surface area contributed by atoms with Crippen LogP contribution in [-0.4, -0.2) is 12.5 Å². The second-order valence-corrected chi connectivity index (χ2v) is 5.32. The zero-order chi connectivity index (χ0) is 13.2. The van der Waals surface area contributed by atoms with Gasteiger partial charge >= 0.3 is 0 Å². The van der Waals surface area contributed by atoms with Gasteiger partial charge in [0.15, 0.2) is 0 Å². The zero-order valence-corrected chi connectivity index (χ0v) is 10.8. The van der Waals surface area contributed by atoms with E-state index in [9.17, 15) is 4.79 Å². The largest absolute Gasteiger partial charge is 0.399 e. The van der Waals surface area contributed by atoms with Crippen LogP contribution >= 0.6 is 0 Å². The summed E-state index contributed by atoms with van der Waals surface area (Å²) in [6.07, 6.45) is 4.80. The molecule has 1 saturated carbocycles. The third kappa shape index (κ3) is 2.94. The molecule has 0 unspecified atom stereocenters. The Hall–Kier alpha value is -1.71. The smallest absolute Gasteiger partial charge is 0.251 e. The molecule has 4 heteroatoms. The molecule has 98 valence electrons. The van der Waals surface area contributed by atoms with Crippen LogP contribution in [0.1, 0.15) is 43.0 Å². The molecule has 1 fully saturated rings. The summed E-state index contributed by atoms with van der Waals surface area (Å²) in [5.74, 6) is -0.0867. The van der Waals surface area contributed by atoms with Gasteiger partial charge in [0, 0.05) is 23.5 Å². The van der Waals surface area contributed by atoms with Gasteiger partial charge in [-0.2, -0.15) is 0 Å². The third-order valence-electron chi connectivity index (χ3n) is 3.60. The van der Waals surface area contributed by atoms with Crippen LogP contribution in [0.4, 0.5) is 11.4 Å². The van der Waals surface area contributed by atoms with Gasteiger partial charge in [-0.15, -0.1) is 0 Å². The molecule has 5 N–H and O–H groups in total. The van der Waals surface area contributed by atoms with Crippen LogP contribution in [0.15, 0.2) is 18.2 Å². The molecule has 0 heterocycles. The summed E-state index contributed by atoms with van der Waals surface area (Å²) in [5, 5.41) is 2.99. The molecule has 0 saturated heterocycles. The molecular weight excluding hydrogens is 226 g/mol. The molecule has 0 radical (unpaired) electrons. The highest BCUT2D eigenvalue weighted by Crippen LogP contribution is 2.48. The van der Waals surface area contributed by atoms with Gasteiger partial charge in [0.1, 0.15) is 0 Å². The second-order valence-electron chi connectivity index (χ2n) is 5.32. The van der Waals surface area contributed by atoms with Crippen molar-refractivity contribution in [1.29, 1.82) is 0 Å². The Morgan fingerprint density at radius 2 is 1.89 bits per heavy atom. The van der Waals surface area contributed by atoms with Gasteiger partial charge in [-0.1, -0.05) is 13.3 Å². The van der Waals surface area contributed by atoms with Crippen LogP contribution in [0, 0.1) is 5.41 Å². The van der Waals surface area contributed by atoms with Crippen molar-refractivity contribution >= 4 is 17.3 Å². The molecule has 1 aliphatic carbocycles. The van der Waals surface area contributed by atoms with E-state index in [4.69, 9.17) is 11.5 Å². The highest BCUT2D eigenvalue weighted by atomic mass is 16.1. The zero-order valence-electron chi connectivity index (χ0n) is 10.8. The summed E-state index contributed by atoms with van der Waals surface area (Å²) in [7, 11) is 0. The summed E-state index contributed by atoms with van der Waals surface area (Å²) < 4.78 is 0. The van der Waals surface area contributed by atoms with Crippen molar-refractivity contribution < 1.29 is 4.79 Å². The fourth-order valence-electron chi connectivity index (χ4n) is 2.40. The predicted octanol–water partition coefficient (Wildman–Crippen LogP) is 2.16. The van der Waals surface area contributed by atoms with Gasteiger partial charge in [-0.25, -0.2) is 0 Å². The summed E-state index contributed by atoms with van der Waals surface area (Å²) in [4.78, 5) is 12.0. The first-order chi connectivity index (χ1) is 8.54. The molecule has 1 aromatic carbocycles. The van der Waals surface area contributed by atoms with Crippen molar-refractivity contribution in [3.63, 3.8) is 0 Å². The number of benzene rings is 1. The molecule has 2 rings (SSSR count). The van der Waals surface area contributed by atoms with Crippen molar-refractivity contribution in [1.82, 2.24) is 5.32 Å². The topological polar surface area (TPSA) is 81.1 Å². The minimum Gasteiger partial charge on any atom is -0.399 e. The number of rotatable bonds is 5. The summed E-state index contributed by atoms with van der Waals surface area (Å²) in [6.45, 7) is 2.94. The van der Waals surface area contributed by atoms with Gasteiger partial charge in [0.25, 0.3) is 5.91 Å². The van der Waals surface area contributed by atoms with E-state index >= 15 is 0 Å². The molecule has 0 spiro atoms. The van der Waals surface area contributed by atoms with Crippen LogP contribution in [0.2, 0.25) is 0 Å². The van der Waals surface area contributed by atoms with Crippen LogP contribution in [-0.2, 0) is 0 Å². The van der Waals surface area contributed by atoms with Gasteiger partial charge in [0.05, 0.1) is 0 Å². The predicted molar refractivity (Wildman–Crippen MR) is 74.2 cm³/mol. The third-order valence-corrected chi connectivity index (χ3v) is 3.60. The first kappa shape index (κ1) is 12.7. The van der Waals surface area contributed by atoms with Crippen molar-refractivity contribution in [3.05, 3.63) is 23.8 Å². The van der Waals surface area contributed by atoms with Crippen molar-refractivity contribution in [2.75, 3.05) is 18.0 Å². The van der Waals surface area contributed by atoms with Crippen molar-refractivity contribution in [3.8, 4) is 0 Å². The minimum atomic E-state index is -0.0867. The van der Waals surface area contributed by atoms with E-state index < -0.39 is 0 Å². The number of nitrogens with one attached hydrogen (secondary N) is 1. The van der Waals surface area contributed by atoms with E-state index in [1.807, 2.05) is 0 Å². The molecule has 1 aromatic rings. The van der Waals surface area contributed by atoms with E-state index in [0.717, 1.165) is 6.54 Å². The summed E-state index contributed by atoms with van der Waals surface area (Å²) in [6, 6.07) is 4.96. The van der Waals surface area contributed by atoms with Gasteiger partial charge in [-0.3, -0.25) is 4.79 Å². The Morgan fingerprint density at radius 1 is 1.28 bits per heavy atom. The maximum atomic E-state index is 12.0. The Labute approximate surface area is 108 Å². The summed E-state index contributed by atoms with van der Waals surface area (Å²) in [5.41, 5.74) is 13.3. The molecule has 18 heavy (non-hydrogen) atoms. The first-order valence-corrected chi connectivity index (χ1v) is 6.49. The highest BCUT2D eigenvalue weighted by molar-refractivity contribution is 5.96. The van der Waals surface area contributed by atoms with Crippen LogP contribution < -0.4 is 16.8 Å². The van der Waals surface area contributed by atoms with Gasteiger partial charge in [-0.05, 0) is 42.9 Å². The summed E-state index contributed by atoms with van der Waals surface area (Å²) >= 11 is 0. The quantitative estimate of drug-likeness (QED) is 0.697. The number of nitrogens with two attached hydrogens (primary N) is 2. The number of hydrogen-bond donors (Lipinski definition) is 3. The Kier molecular flexibility index (Phi) is 3.45. The lowest BCUT2D eigenvalue weighted by Gasteiger charge is -2.15. The number of hydrogen-bond acceptors (Lipinski definition) is 3. The normalized spacial score (nSPS) is 16.3.